The maximum atomic E-state index is 13.4. The molecule has 0 spiro atoms. The van der Waals surface area contributed by atoms with Crippen LogP contribution in [0, 0.1) is 23.1 Å². The van der Waals surface area contributed by atoms with Gasteiger partial charge in [0.2, 0.25) is 0 Å². The van der Waals surface area contributed by atoms with Crippen LogP contribution < -0.4 is 4.90 Å². The molecule has 0 amide bonds. The van der Waals surface area contributed by atoms with Crippen molar-refractivity contribution in [1.29, 1.82) is 5.26 Å². The summed E-state index contributed by atoms with van der Waals surface area (Å²) < 4.78 is 13.4. The van der Waals surface area contributed by atoms with Gasteiger partial charge in [-0.1, -0.05) is 29.8 Å². The lowest BCUT2D eigenvalue weighted by Crippen LogP contribution is -2.33. The summed E-state index contributed by atoms with van der Waals surface area (Å²) in [5.74, 6) is 0.460. The summed E-state index contributed by atoms with van der Waals surface area (Å²) in [5.41, 5.74) is 9.18. The molecule has 6 rings (SSSR count). The van der Waals surface area contributed by atoms with E-state index in [0.717, 1.165) is 69.7 Å². The van der Waals surface area contributed by atoms with E-state index < -0.39 is 0 Å². The zero-order valence-corrected chi connectivity index (χ0v) is 21.6. The molecule has 5 heteroatoms. The van der Waals surface area contributed by atoms with Crippen LogP contribution in [0.2, 0.25) is 0 Å². The minimum absolute atomic E-state index is 0.211. The van der Waals surface area contributed by atoms with E-state index in [1.165, 1.54) is 40.0 Å². The van der Waals surface area contributed by atoms with Gasteiger partial charge in [0, 0.05) is 37.3 Å². The molecule has 4 nitrogen and oxygen atoms in total. The third-order valence-electron chi connectivity index (χ3n) is 8.48. The Bertz CT molecular complexity index is 1410. The van der Waals surface area contributed by atoms with Gasteiger partial charge in [-0.25, -0.2) is 4.39 Å². The molecule has 1 fully saturated rings. The standard InChI is InChI=1S/C33H32FN3O/c34-29-7-9-30(10-8-29)37-16-13-27-18-26-5-6-28(19-31(26)32(27)22-37)33(38)17-23-11-14-36(15-12-23)21-25-3-1-24(20-35)2-4-25/h1-10,19,23H,11-18,21-22H2. The minimum Gasteiger partial charge on any atom is -0.367 e. The predicted octanol–water partition coefficient (Wildman–Crippen LogP) is 6.40. The monoisotopic (exact) mass is 505 g/mol. The van der Waals surface area contributed by atoms with Gasteiger partial charge >= 0.3 is 0 Å². The number of anilines is 1. The number of hydrogen-bond donors (Lipinski definition) is 0. The van der Waals surface area contributed by atoms with Gasteiger partial charge in [-0.2, -0.15) is 5.26 Å². The number of Topliss-reactive ketones (excluding diaryl/α,β-unsaturated/α-hetero) is 1. The number of ketones is 1. The molecule has 3 aliphatic rings. The van der Waals surface area contributed by atoms with Crippen LogP contribution in [0.4, 0.5) is 10.1 Å². The molecule has 192 valence electrons. The molecule has 2 aliphatic heterocycles. The second-order valence-electron chi connectivity index (χ2n) is 10.9. The lowest BCUT2D eigenvalue weighted by Gasteiger charge is -2.32. The van der Waals surface area contributed by atoms with E-state index in [1.807, 2.05) is 42.5 Å². The first-order chi connectivity index (χ1) is 18.6. The number of likely N-dealkylation sites (tertiary alicyclic amines) is 1. The number of carbonyl (C=O) groups is 1. The molecule has 1 saturated heterocycles. The average molecular weight is 506 g/mol. The molecular weight excluding hydrogens is 473 g/mol. The van der Waals surface area contributed by atoms with E-state index in [0.29, 0.717) is 17.9 Å². The zero-order valence-electron chi connectivity index (χ0n) is 21.6. The van der Waals surface area contributed by atoms with Crippen molar-refractivity contribution in [3.05, 3.63) is 106 Å². The lowest BCUT2D eigenvalue weighted by molar-refractivity contribution is 0.0925. The fourth-order valence-electron chi connectivity index (χ4n) is 6.23. The van der Waals surface area contributed by atoms with Crippen molar-refractivity contribution >= 4 is 17.0 Å². The fraction of sp³-hybridized carbons (Fsp3) is 0.333. The third kappa shape index (κ3) is 5.14. The van der Waals surface area contributed by atoms with Crippen molar-refractivity contribution < 1.29 is 9.18 Å². The van der Waals surface area contributed by atoms with Crippen LogP contribution in [0.5, 0.6) is 0 Å². The van der Waals surface area contributed by atoms with Crippen LogP contribution in [0.1, 0.15) is 58.3 Å². The molecule has 2 heterocycles. The number of fused-ring (bicyclic) bond motifs is 2. The first-order valence-corrected chi connectivity index (χ1v) is 13.6. The molecule has 0 radical (unpaired) electrons. The summed E-state index contributed by atoms with van der Waals surface area (Å²) in [7, 11) is 0. The Morgan fingerprint density at radius 1 is 0.974 bits per heavy atom. The molecule has 3 aromatic carbocycles. The Hall–Kier alpha value is -3.75. The van der Waals surface area contributed by atoms with Gasteiger partial charge < -0.3 is 4.90 Å². The van der Waals surface area contributed by atoms with Gasteiger partial charge in [0.15, 0.2) is 5.78 Å². The topological polar surface area (TPSA) is 47.3 Å². The fourth-order valence-corrected chi connectivity index (χ4v) is 6.23. The SMILES string of the molecule is N#Cc1ccc(CN2CCC(CC(=O)c3ccc4c(c3)C3=C(CCN(c5ccc(F)cc5)C3)C4)CC2)cc1. The smallest absolute Gasteiger partial charge is 0.163 e. The summed E-state index contributed by atoms with van der Waals surface area (Å²) in [6.07, 6.45) is 4.67. The summed E-state index contributed by atoms with van der Waals surface area (Å²) in [4.78, 5) is 18.1. The first kappa shape index (κ1) is 24.6. The molecule has 0 atom stereocenters. The zero-order chi connectivity index (χ0) is 26.1. The Balaban J connectivity index is 1.07. The summed E-state index contributed by atoms with van der Waals surface area (Å²) in [6, 6.07) is 23.1. The van der Waals surface area contributed by atoms with Crippen LogP contribution >= 0.6 is 0 Å². The Labute approximate surface area is 224 Å². The van der Waals surface area contributed by atoms with Crippen LogP contribution in [-0.2, 0) is 13.0 Å². The highest BCUT2D eigenvalue weighted by molar-refractivity contribution is 5.98. The Morgan fingerprint density at radius 2 is 1.74 bits per heavy atom. The average Bonchev–Trinajstić information content (AvgIpc) is 3.32. The second-order valence-corrected chi connectivity index (χ2v) is 10.9. The van der Waals surface area contributed by atoms with E-state index in [4.69, 9.17) is 5.26 Å². The van der Waals surface area contributed by atoms with Crippen molar-refractivity contribution in [1.82, 2.24) is 4.90 Å². The van der Waals surface area contributed by atoms with Gasteiger partial charge in [0.25, 0.3) is 0 Å². The lowest BCUT2D eigenvalue weighted by atomic mass is 9.88. The summed E-state index contributed by atoms with van der Waals surface area (Å²) >= 11 is 0. The molecule has 0 saturated carbocycles. The number of halogens is 1. The van der Waals surface area contributed by atoms with E-state index in [9.17, 15) is 9.18 Å². The van der Waals surface area contributed by atoms with E-state index in [-0.39, 0.29) is 11.6 Å². The molecule has 1 aliphatic carbocycles. The molecule has 38 heavy (non-hydrogen) atoms. The summed E-state index contributed by atoms with van der Waals surface area (Å²) in [5, 5.41) is 8.99. The molecular formula is C33H32FN3O. The van der Waals surface area contributed by atoms with E-state index in [2.05, 4.69) is 28.0 Å². The van der Waals surface area contributed by atoms with Gasteiger partial charge in [0.05, 0.1) is 11.6 Å². The number of nitriles is 1. The van der Waals surface area contributed by atoms with Crippen LogP contribution in [0.15, 0.2) is 72.3 Å². The van der Waals surface area contributed by atoms with Crippen molar-refractivity contribution in [2.75, 3.05) is 31.1 Å². The van der Waals surface area contributed by atoms with Crippen molar-refractivity contribution in [3.8, 4) is 6.07 Å². The number of benzene rings is 3. The number of rotatable bonds is 6. The van der Waals surface area contributed by atoms with Gasteiger partial charge in [-0.3, -0.25) is 9.69 Å². The Kier molecular flexibility index (Phi) is 6.82. The molecule has 0 bridgehead atoms. The maximum absolute atomic E-state index is 13.4. The number of hydrogen-bond acceptors (Lipinski definition) is 4. The van der Waals surface area contributed by atoms with Gasteiger partial charge in [0.1, 0.15) is 5.82 Å². The quantitative estimate of drug-likeness (QED) is 0.364. The molecule has 3 aromatic rings. The minimum atomic E-state index is -0.211. The number of nitrogens with zero attached hydrogens (tertiary/aromatic N) is 3. The number of piperidine rings is 1. The number of carbonyl (C=O) groups excluding carboxylic acids is 1. The van der Waals surface area contributed by atoms with Crippen LogP contribution in [0.25, 0.3) is 5.57 Å². The highest BCUT2D eigenvalue weighted by Crippen LogP contribution is 2.39. The van der Waals surface area contributed by atoms with E-state index in [1.54, 1.807) is 0 Å². The second kappa shape index (κ2) is 10.6. The largest absolute Gasteiger partial charge is 0.367 e. The normalized spacial score (nSPS) is 17.7. The predicted molar refractivity (Wildman–Crippen MR) is 148 cm³/mol. The van der Waals surface area contributed by atoms with Crippen molar-refractivity contribution in [3.63, 3.8) is 0 Å². The van der Waals surface area contributed by atoms with E-state index >= 15 is 0 Å². The Morgan fingerprint density at radius 3 is 2.47 bits per heavy atom. The molecule has 0 aromatic heterocycles. The van der Waals surface area contributed by atoms with Gasteiger partial charge in [-0.05, 0) is 109 Å². The first-order valence-electron chi connectivity index (χ1n) is 13.6. The third-order valence-corrected chi connectivity index (χ3v) is 8.48. The van der Waals surface area contributed by atoms with Crippen molar-refractivity contribution in [2.24, 2.45) is 5.92 Å². The molecule has 0 N–H and O–H groups in total. The highest BCUT2D eigenvalue weighted by Gasteiger charge is 2.29. The van der Waals surface area contributed by atoms with Gasteiger partial charge in [-0.15, -0.1) is 0 Å². The van der Waals surface area contributed by atoms with Crippen LogP contribution in [-0.4, -0.2) is 36.9 Å². The van der Waals surface area contributed by atoms with Crippen LogP contribution in [0.3, 0.4) is 0 Å². The van der Waals surface area contributed by atoms with Crippen molar-refractivity contribution in [2.45, 2.75) is 38.6 Å². The highest BCUT2D eigenvalue weighted by atomic mass is 19.1. The maximum Gasteiger partial charge on any atom is 0.163 e. The summed E-state index contributed by atoms with van der Waals surface area (Å²) in [6.45, 7) is 4.64. The molecule has 0 unspecified atom stereocenters.